The molecule has 2 heteroatoms. The van der Waals surface area contributed by atoms with Crippen LogP contribution in [0.5, 0.6) is 0 Å². The first-order chi connectivity index (χ1) is 5.29. The van der Waals surface area contributed by atoms with Crippen molar-refractivity contribution in [1.29, 1.82) is 0 Å². The van der Waals surface area contributed by atoms with E-state index in [1.165, 1.54) is 15.6 Å². The molecule has 0 spiro atoms. The summed E-state index contributed by atoms with van der Waals surface area (Å²) in [7, 11) is 0. The third-order valence-electron chi connectivity index (χ3n) is 2.04. The fourth-order valence-corrected chi connectivity index (χ4v) is 1.92. The fourth-order valence-electron chi connectivity index (χ4n) is 1.42. The third kappa shape index (κ3) is 2.52. The highest BCUT2D eigenvalue weighted by Crippen LogP contribution is 2.06. The van der Waals surface area contributed by atoms with E-state index < -0.39 is 0 Å². The number of hydrogen-bond donors (Lipinski definition) is 0. The highest BCUT2D eigenvalue weighted by Gasteiger charge is 1.98. The average molecular weight is 197 g/mol. The third-order valence-corrected chi connectivity index (χ3v) is 2.58. The molecule has 0 bridgehead atoms. The zero-order valence-corrected chi connectivity index (χ0v) is 9.60. The largest absolute Gasteiger partial charge is 0.176 e. The second kappa shape index (κ2) is 5.65. The van der Waals surface area contributed by atoms with Crippen molar-refractivity contribution in [3.8, 4) is 0 Å². The summed E-state index contributed by atoms with van der Waals surface area (Å²) in [5, 5.41) is 0. The van der Waals surface area contributed by atoms with Crippen molar-refractivity contribution in [3.05, 3.63) is 29.3 Å². The van der Waals surface area contributed by atoms with Gasteiger partial charge in [-0.3, -0.25) is 0 Å². The Labute approximate surface area is 89.2 Å². The Balaban J connectivity index is 0.00000121. The zero-order valence-electron chi connectivity index (χ0n) is 7.63. The lowest BCUT2D eigenvalue weighted by Gasteiger charge is -2.09. The minimum atomic E-state index is 0. The van der Waals surface area contributed by atoms with Crippen LogP contribution >= 0.6 is 12.4 Å². The maximum atomic E-state index is 2.79. The monoisotopic (exact) mass is 196 g/mol. The molecule has 0 heterocycles. The molecule has 0 aliphatic rings. The first-order valence-corrected chi connectivity index (χ1v) is 4.73. The minimum absolute atomic E-state index is 0. The maximum Gasteiger partial charge on any atom is 0.176 e. The molecule has 12 heavy (non-hydrogen) atoms. The van der Waals surface area contributed by atoms with E-state index in [9.17, 15) is 0 Å². The van der Waals surface area contributed by atoms with Crippen molar-refractivity contribution in [1.82, 2.24) is 0 Å². The van der Waals surface area contributed by atoms with Gasteiger partial charge in [-0.1, -0.05) is 37.6 Å². The highest BCUT2D eigenvalue weighted by molar-refractivity contribution is 6.33. The van der Waals surface area contributed by atoms with Crippen molar-refractivity contribution in [2.75, 3.05) is 0 Å². The molecule has 0 amide bonds. The van der Waals surface area contributed by atoms with Crippen LogP contribution in [0.25, 0.3) is 0 Å². The van der Waals surface area contributed by atoms with Crippen molar-refractivity contribution >= 4 is 33.1 Å². The van der Waals surface area contributed by atoms with Crippen molar-refractivity contribution in [3.63, 3.8) is 0 Å². The van der Waals surface area contributed by atoms with Gasteiger partial charge in [-0.05, 0) is 18.4 Å². The number of rotatable bonds is 2. The second-order valence-corrected chi connectivity index (χ2v) is 3.31. The molecule has 0 aliphatic carbocycles. The molecule has 0 fully saturated rings. The van der Waals surface area contributed by atoms with Gasteiger partial charge in [0.1, 0.15) is 0 Å². The van der Waals surface area contributed by atoms with Crippen LogP contribution in [0, 0.1) is 0 Å². The predicted octanol–water partition coefficient (Wildman–Crippen LogP) is 2.03. The molecular formula is C10H14AlCl. The Morgan fingerprint density at radius 3 is 2.25 bits per heavy atom. The summed E-state index contributed by atoms with van der Waals surface area (Å²) in [5.41, 5.74) is 2.99. The summed E-state index contributed by atoms with van der Waals surface area (Å²) in [6.07, 6.45) is 2.29. The van der Waals surface area contributed by atoms with Crippen LogP contribution in [-0.2, 0) is 12.8 Å². The van der Waals surface area contributed by atoms with Gasteiger partial charge in [0, 0.05) is 0 Å². The van der Waals surface area contributed by atoms with E-state index in [0.717, 1.165) is 12.8 Å². The van der Waals surface area contributed by atoms with E-state index in [2.05, 4.69) is 48.3 Å². The molecule has 0 N–H and O–H groups in total. The molecular weight excluding hydrogens is 183 g/mol. The van der Waals surface area contributed by atoms with Crippen LogP contribution in [0.4, 0.5) is 0 Å². The van der Waals surface area contributed by atoms with E-state index in [1.807, 2.05) is 0 Å². The summed E-state index contributed by atoms with van der Waals surface area (Å²) < 4.78 is 1.35. The highest BCUT2D eigenvalue weighted by atomic mass is 35.5. The van der Waals surface area contributed by atoms with Gasteiger partial charge < -0.3 is 0 Å². The van der Waals surface area contributed by atoms with Gasteiger partial charge in [-0.2, -0.15) is 0 Å². The van der Waals surface area contributed by atoms with Crippen molar-refractivity contribution in [2.24, 2.45) is 0 Å². The summed E-state index contributed by atoms with van der Waals surface area (Å²) in [6.45, 7) is 4.42. The van der Waals surface area contributed by atoms with Crippen molar-refractivity contribution < 1.29 is 0 Å². The van der Waals surface area contributed by atoms with E-state index in [0.29, 0.717) is 0 Å². The lowest BCUT2D eigenvalue weighted by Crippen LogP contribution is -2.11. The summed E-state index contributed by atoms with van der Waals surface area (Å²) in [6, 6.07) is 6.50. The van der Waals surface area contributed by atoms with Gasteiger partial charge >= 0.3 is 0 Å². The normalized spacial score (nSPS) is 9.17. The Morgan fingerprint density at radius 2 is 1.83 bits per heavy atom. The molecule has 1 aromatic rings. The van der Waals surface area contributed by atoms with Gasteiger partial charge in [0.2, 0.25) is 0 Å². The first-order valence-electron chi connectivity index (χ1n) is 4.15. The molecule has 0 saturated carbocycles. The SMILES string of the molecule is CCc1ccc[c]([Al])c1CC.Cl. The van der Waals surface area contributed by atoms with E-state index in [-0.39, 0.29) is 12.4 Å². The van der Waals surface area contributed by atoms with E-state index in [4.69, 9.17) is 0 Å². The second-order valence-electron chi connectivity index (χ2n) is 2.69. The molecule has 0 nitrogen and oxygen atoms in total. The van der Waals surface area contributed by atoms with Gasteiger partial charge in [0.05, 0.1) is 0 Å². The van der Waals surface area contributed by atoms with Crippen molar-refractivity contribution in [2.45, 2.75) is 26.7 Å². The Morgan fingerprint density at radius 1 is 1.17 bits per heavy atom. The minimum Gasteiger partial charge on any atom is -0.147 e. The zero-order chi connectivity index (χ0) is 8.27. The number of aryl methyl sites for hydroxylation is 1. The fraction of sp³-hybridized carbons (Fsp3) is 0.400. The molecule has 0 unspecified atom stereocenters. The first kappa shape index (κ1) is 12.0. The maximum absolute atomic E-state index is 2.79. The Hall–Kier alpha value is 0.0425. The smallest absolute Gasteiger partial charge is 0.147 e. The number of hydrogen-bond acceptors (Lipinski definition) is 0. The van der Waals surface area contributed by atoms with Crippen LogP contribution in [0.3, 0.4) is 0 Å². The van der Waals surface area contributed by atoms with Crippen LogP contribution < -0.4 is 4.43 Å². The summed E-state index contributed by atoms with van der Waals surface area (Å²) in [4.78, 5) is 0. The topological polar surface area (TPSA) is 0 Å². The lowest BCUT2D eigenvalue weighted by atomic mass is 10.0. The van der Waals surface area contributed by atoms with Crippen LogP contribution in [-0.4, -0.2) is 16.3 Å². The molecule has 0 aliphatic heterocycles. The number of benzene rings is 1. The van der Waals surface area contributed by atoms with Gasteiger partial charge in [-0.25, -0.2) is 0 Å². The standard InChI is InChI=1S/C10H13.Al.ClH/c1-3-9-7-5-6-8-10(9)4-2;;/h5-7H,3-4H2,1-2H3;;1H. The molecule has 1 aromatic carbocycles. The van der Waals surface area contributed by atoms with Crippen LogP contribution in [0.15, 0.2) is 18.2 Å². The Kier molecular flexibility index (Phi) is 5.67. The van der Waals surface area contributed by atoms with Crippen LogP contribution in [0.2, 0.25) is 0 Å². The molecule has 0 atom stereocenters. The lowest BCUT2D eigenvalue weighted by molar-refractivity contribution is 1.05. The molecule has 1 rings (SSSR count). The van der Waals surface area contributed by atoms with E-state index >= 15 is 0 Å². The van der Waals surface area contributed by atoms with Gasteiger partial charge in [0.15, 0.2) is 16.3 Å². The predicted molar refractivity (Wildman–Crippen MR) is 57.8 cm³/mol. The summed E-state index contributed by atoms with van der Waals surface area (Å²) >= 11 is 2.79. The molecule has 2 radical (unpaired) electrons. The molecule has 0 aromatic heterocycles. The van der Waals surface area contributed by atoms with Gasteiger partial charge in [-0.15, -0.1) is 16.8 Å². The quantitative estimate of drug-likeness (QED) is 0.635. The average Bonchev–Trinajstić information content (AvgIpc) is 2.04. The Bertz CT molecular complexity index is 246. The number of halogens is 1. The van der Waals surface area contributed by atoms with Crippen LogP contribution in [0.1, 0.15) is 25.0 Å². The van der Waals surface area contributed by atoms with Gasteiger partial charge in [0.25, 0.3) is 0 Å². The summed E-state index contributed by atoms with van der Waals surface area (Å²) in [5.74, 6) is 0. The van der Waals surface area contributed by atoms with E-state index in [1.54, 1.807) is 0 Å². The molecule has 0 saturated heterocycles. The molecule has 64 valence electrons.